The van der Waals surface area contributed by atoms with Gasteiger partial charge in [0.1, 0.15) is 0 Å². The zero-order valence-corrected chi connectivity index (χ0v) is 10.4. The molecular weight excluding hydrogens is 236 g/mol. The van der Waals surface area contributed by atoms with Crippen molar-refractivity contribution in [3.8, 4) is 0 Å². The predicted octanol–water partition coefficient (Wildman–Crippen LogP) is 1.81. The molecule has 3 rings (SSSR count). The third-order valence-corrected chi connectivity index (χ3v) is 3.98. The second-order valence-electron chi connectivity index (χ2n) is 4.47. The van der Waals surface area contributed by atoms with Gasteiger partial charge in [0, 0.05) is 19.6 Å². The number of aromatic nitrogens is 3. The van der Waals surface area contributed by atoms with Crippen LogP contribution < -0.4 is 5.73 Å². The van der Waals surface area contributed by atoms with Crippen LogP contribution in [0, 0.1) is 5.92 Å². The van der Waals surface area contributed by atoms with Crippen molar-refractivity contribution < 1.29 is 4.74 Å². The Labute approximate surface area is 103 Å². The first-order valence-corrected chi connectivity index (χ1v) is 6.46. The summed E-state index contributed by atoms with van der Waals surface area (Å²) in [6.07, 6.45) is 4.11. The number of nitrogens with two attached hydrogens (primary N) is 1. The highest BCUT2D eigenvalue weighted by molar-refractivity contribution is 7.21. The summed E-state index contributed by atoms with van der Waals surface area (Å²) in [4.78, 5) is 13.8. The van der Waals surface area contributed by atoms with Gasteiger partial charge in [0.05, 0.1) is 11.9 Å². The van der Waals surface area contributed by atoms with Crippen LogP contribution in [0.1, 0.15) is 24.5 Å². The van der Waals surface area contributed by atoms with E-state index in [1.54, 1.807) is 7.11 Å². The minimum atomic E-state index is 0.523. The molecule has 1 fully saturated rings. The molecule has 0 aromatic carbocycles. The number of hydrogen-bond acceptors (Lipinski definition) is 6. The van der Waals surface area contributed by atoms with E-state index in [0.29, 0.717) is 22.6 Å². The molecule has 1 saturated carbocycles. The number of fused-ring (bicyclic) bond motifs is 1. The highest BCUT2D eigenvalue weighted by atomic mass is 32.1. The fourth-order valence-electron chi connectivity index (χ4n) is 2.30. The normalized spacial score (nSPS) is 23.8. The molecule has 0 saturated heterocycles. The summed E-state index contributed by atoms with van der Waals surface area (Å²) in [5, 5.41) is 0.531. The standard InChI is InChI=1S/C11H14N4OS/c1-16-5-6-2-7(3-6)8-4-13-9-10(14-8)17-11(12)15-9/h4,6-7H,2-3,5H2,1H3,(H2,12,13,15). The Bertz CT molecular complexity index is 535. The molecule has 0 unspecified atom stereocenters. The molecule has 2 N–H and O–H groups in total. The van der Waals surface area contributed by atoms with Crippen LogP contribution in [-0.2, 0) is 4.74 Å². The fourth-order valence-corrected chi connectivity index (χ4v) is 2.97. The summed E-state index contributed by atoms with van der Waals surface area (Å²) < 4.78 is 5.14. The molecule has 2 aromatic rings. The molecule has 0 amide bonds. The summed E-state index contributed by atoms with van der Waals surface area (Å²) >= 11 is 1.40. The lowest BCUT2D eigenvalue weighted by Gasteiger charge is -2.34. The molecule has 0 spiro atoms. The van der Waals surface area contributed by atoms with Gasteiger partial charge < -0.3 is 10.5 Å². The molecule has 2 aromatic heterocycles. The molecule has 1 aliphatic carbocycles. The van der Waals surface area contributed by atoms with Gasteiger partial charge in [0.25, 0.3) is 0 Å². The quantitative estimate of drug-likeness (QED) is 0.899. The Kier molecular flexibility index (Phi) is 2.68. The van der Waals surface area contributed by atoms with Gasteiger partial charge in [-0.25, -0.2) is 9.97 Å². The maximum atomic E-state index is 5.64. The molecule has 0 aliphatic heterocycles. The van der Waals surface area contributed by atoms with Crippen molar-refractivity contribution in [1.82, 2.24) is 15.0 Å². The van der Waals surface area contributed by atoms with Crippen molar-refractivity contribution in [3.05, 3.63) is 11.9 Å². The van der Waals surface area contributed by atoms with E-state index in [-0.39, 0.29) is 0 Å². The Morgan fingerprint density at radius 2 is 2.29 bits per heavy atom. The minimum Gasteiger partial charge on any atom is -0.384 e. The first-order chi connectivity index (χ1) is 8.26. The van der Waals surface area contributed by atoms with E-state index in [1.807, 2.05) is 6.20 Å². The van der Waals surface area contributed by atoms with E-state index in [9.17, 15) is 0 Å². The maximum Gasteiger partial charge on any atom is 0.191 e. The van der Waals surface area contributed by atoms with Crippen molar-refractivity contribution in [2.24, 2.45) is 5.92 Å². The lowest BCUT2D eigenvalue weighted by atomic mass is 9.74. The van der Waals surface area contributed by atoms with Crippen molar-refractivity contribution in [3.63, 3.8) is 0 Å². The average Bonchev–Trinajstić information content (AvgIpc) is 2.61. The fraction of sp³-hybridized carbons (Fsp3) is 0.545. The van der Waals surface area contributed by atoms with Gasteiger partial charge in [0.15, 0.2) is 15.6 Å². The topological polar surface area (TPSA) is 73.9 Å². The second kappa shape index (κ2) is 4.19. The number of methoxy groups -OCH3 is 1. The van der Waals surface area contributed by atoms with E-state index in [0.717, 1.165) is 30.0 Å². The van der Waals surface area contributed by atoms with Gasteiger partial charge in [-0.05, 0) is 18.8 Å². The maximum absolute atomic E-state index is 5.64. The molecule has 0 atom stereocenters. The number of thiazole rings is 1. The SMILES string of the molecule is COCC1CC(c2cnc3nc(N)sc3n2)C1. The van der Waals surface area contributed by atoms with Crippen LogP contribution in [0.15, 0.2) is 6.20 Å². The number of ether oxygens (including phenoxy) is 1. The molecule has 5 nitrogen and oxygen atoms in total. The van der Waals surface area contributed by atoms with E-state index in [1.165, 1.54) is 11.3 Å². The van der Waals surface area contributed by atoms with E-state index < -0.39 is 0 Å². The number of nitrogen functional groups attached to an aromatic ring is 1. The number of anilines is 1. The van der Waals surface area contributed by atoms with E-state index >= 15 is 0 Å². The van der Waals surface area contributed by atoms with Crippen LogP contribution in [0.2, 0.25) is 0 Å². The van der Waals surface area contributed by atoms with Crippen molar-refractivity contribution in [2.45, 2.75) is 18.8 Å². The molecule has 6 heteroatoms. The van der Waals surface area contributed by atoms with Gasteiger partial charge in [-0.2, -0.15) is 4.98 Å². The largest absolute Gasteiger partial charge is 0.384 e. The van der Waals surface area contributed by atoms with Gasteiger partial charge >= 0.3 is 0 Å². The average molecular weight is 250 g/mol. The summed E-state index contributed by atoms with van der Waals surface area (Å²) in [6.45, 7) is 0.847. The lowest BCUT2D eigenvalue weighted by molar-refractivity contribution is 0.0969. The summed E-state index contributed by atoms with van der Waals surface area (Å²) in [5.41, 5.74) is 7.36. The van der Waals surface area contributed by atoms with E-state index in [4.69, 9.17) is 10.5 Å². The second-order valence-corrected chi connectivity index (χ2v) is 5.47. The zero-order valence-electron chi connectivity index (χ0n) is 9.59. The first kappa shape index (κ1) is 10.9. The number of hydrogen-bond donors (Lipinski definition) is 1. The first-order valence-electron chi connectivity index (χ1n) is 5.64. The van der Waals surface area contributed by atoms with Crippen LogP contribution >= 0.6 is 11.3 Å². The van der Waals surface area contributed by atoms with E-state index in [2.05, 4.69) is 15.0 Å². The molecular formula is C11H14N4OS. The van der Waals surface area contributed by atoms with Gasteiger partial charge in [-0.3, -0.25) is 0 Å². The van der Waals surface area contributed by atoms with Crippen molar-refractivity contribution in [2.75, 3.05) is 19.5 Å². The molecule has 17 heavy (non-hydrogen) atoms. The Morgan fingerprint density at radius 3 is 3.06 bits per heavy atom. The Balaban J connectivity index is 1.78. The van der Waals surface area contributed by atoms with Crippen LogP contribution in [0.25, 0.3) is 10.5 Å². The number of rotatable bonds is 3. The lowest BCUT2D eigenvalue weighted by Crippen LogP contribution is -2.26. The molecule has 90 valence electrons. The predicted molar refractivity (Wildman–Crippen MR) is 67.0 cm³/mol. The van der Waals surface area contributed by atoms with Crippen LogP contribution in [0.3, 0.4) is 0 Å². The Morgan fingerprint density at radius 1 is 1.47 bits per heavy atom. The van der Waals surface area contributed by atoms with Gasteiger partial charge in [0.2, 0.25) is 0 Å². The molecule has 0 bridgehead atoms. The summed E-state index contributed by atoms with van der Waals surface area (Å²) in [7, 11) is 1.75. The van der Waals surface area contributed by atoms with Crippen LogP contribution in [0.4, 0.5) is 5.13 Å². The minimum absolute atomic E-state index is 0.523. The summed E-state index contributed by atoms with van der Waals surface area (Å²) in [6, 6.07) is 0. The highest BCUT2D eigenvalue weighted by Crippen LogP contribution is 2.41. The Hall–Kier alpha value is -1.27. The zero-order chi connectivity index (χ0) is 11.8. The molecule has 0 radical (unpaired) electrons. The van der Waals surface area contributed by atoms with Gasteiger partial charge in [-0.1, -0.05) is 11.3 Å². The monoisotopic (exact) mass is 250 g/mol. The highest BCUT2D eigenvalue weighted by Gasteiger charge is 2.31. The molecule has 2 heterocycles. The van der Waals surface area contributed by atoms with Crippen LogP contribution in [-0.4, -0.2) is 28.7 Å². The van der Waals surface area contributed by atoms with Crippen LogP contribution in [0.5, 0.6) is 0 Å². The van der Waals surface area contributed by atoms with Crippen molar-refractivity contribution in [1.29, 1.82) is 0 Å². The summed E-state index contributed by atoms with van der Waals surface area (Å²) in [5.74, 6) is 1.20. The van der Waals surface area contributed by atoms with Gasteiger partial charge in [-0.15, -0.1) is 0 Å². The van der Waals surface area contributed by atoms with Crippen molar-refractivity contribution >= 4 is 26.9 Å². The third-order valence-electron chi connectivity index (χ3n) is 3.21. The number of nitrogens with zero attached hydrogens (tertiary/aromatic N) is 3. The third kappa shape index (κ3) is 1.98. The molecule has 1 aliphatic rings. The smallest absolute Gasteiger partial charge is 0.191 e.